The summed E-state index contributed by atoms with van der Waals surface area (Å²) in [6, 6.07) is 13.8. The van der Waals surface area contributed by atoms with Crippen LogP contribution in [0.3, 0.4) is 0 Å². The van der Waals surface area contributed by atoms with E-state index in [1.807, 2.05) is 12.1 Å². The largest absolute Gasteiger partial charge is 0.491 e. The summed E-state index contributed by atoms with van der Waals surface area (Å²) in [6.07, 6.45) is -7.84. The summed E-state index contributed by atoms with van der Waals surface area (Å²) in [4.78, 5) is 0. The van der Waals surface area contributed by atoms with Gasteiger partial charge in [-0.15, -0.1) is 0 Å². The zero-order valence-corrected chi connectivity index (χ0v) is 14.2. The molecule has 0 fully saturated rings. The first kappa shape index (κ1) is 20.0. The van der Waals surface area contributed by atoms with Crippen molar-refractivity contribution in [2.45, 2.75) is 31.8 Å². The monoisotopic (exact) mass is 372 g/mol. The molecule has 0 saturated carbocycles. The summed E-state index contributed by atoms with van der Waals surface area (Å²) in [7, 11) is 0. The van der Waals surface area contributed by atoms with E-state index in [0.29, 0.717) is 12.2 Å². The minimum atomic E-state index is -4.91. The molecule has 3 nitrogen and oxygen atoms in total. The van der Waals surface area contributed by atoms with Gasteiger partial charge in [0.2, 0.25) is 6.17 Å². The molecule has 0 aliphatic heterocycles. The Hall–Kier alpha value is -2.28. The average molecular weight is 372 g/mol. The number of aliphatic hydroxyl groups is 1. The van der Waals surface area contributed by atoms with Crippen molar-refractivity contribution >= 4 is 0 Å². The first-order valence-electron chi connectivity index (χ1n) is 8.06. The molecule has 0 heterocycles. The van der Waals surface area contributed by atoms with Gasteiger partial charge in [-0.1, -0.05) is 24.3 Å². The predicted molar refractivity (Wildman–Crippen MR) is 89.3 cm³/mol. The maximum absolute atomic E-state index is 12.8. The van der Waals surface area contributed by atoms with Crippen LogP contribution in [0.15, 0.2) is 48.5 Å². The van der Waals surface area contributed by atoms with E-state index in [1.54, 1.807) is 31.2 Å². The molecule has 142 valence electrons. The van der Waals surface area contributed by atoms with Crippen LogP contribution in [0.4, 0.5) is 17.6 Å². The van der Waals surface area contributed by atoms with Crippen molar-refractivity contribution in [1.82, 2.24) is 0 Å². The molecule has 2 aromatic carbocycles. The Balaban J connectivity index is 1.86. The molecule has 0 aliphatic rings. The Kier molecular flexibility index (Phi) is 6.85. The van der Waals surface area contributed by atoms with Gasteiger partial charge in [0.25, 0.3) is 0 Å². The van der Waals surface area contributed by atoms with Gasteiger partial charge < -0.3 is 14.6 Å². The van der Waals surface area contributed by atoms with Crippen molar-refractivity contribution in [2.75, 3.05) is 13.2 Å². The third-order valence-electron chi connectivity index (χ3n) is 3.50. The maximum atomic E-state index is 12.8. The fraction of sp³-hybridized carbons (Fsp3) is 0.368. The van der Waals surface area contributed by atoms with E-state index >= 15 is 0 Å². The van der Waals surface area contributed by atoms with Crippen molar-refractivity contribution in [3.05, 3.63) is 59.7 Å². The van der Waals surface area contributed by atoms with Gasteiger partial charge in [-0.25, -0.2) is 4.39 Å². The molecule has 2 atom stereocenters. The molecule has 0 aliphatic carbocycles. The number of hydrogen-bond donors (Lipinski definition) is 1. The van der Waals surface area contributed by atoms with E-state index in [9.17, 15) is 22.7 Å². The van der Waals surface area contributed by atoms with Gasteiger partial charge in [0, 0.05) is 0 Å². The van der Waals surface area contributed by atoms with E-state index in [2.05, 4.69) is 0 Å². The Morgan fingerprint density at radius 3 is 1.65 bits per heavy atom. The number of aliphatic hydroxyl groups excluding tert-OH is 1. The van der Waals surface area contributed by atoms with Crippen LogP contribution in [0, 0.1) is 0 Å². The predicted octanol–water partition coefficient (Wildman–Crippen LogP) is 4.32. The van der Waals surface area contributed by atoms with Crippen LogP contribution >= 0.6 is 0 Å². The summed E-state index contributed by atoms with van der Waals surface area (Å²) in [6.45, 7) is 0.796. The molecular formula is C19H20F4O3. The second kappa shape index (κ2) is 8.89. The molecule has 2 aromatic rings. The van der Waals surface area contributed by atoms with Gasteiger partial charge >= 0.3 is 6.18 Å². The Labute approximate surface area is 149 Å². The van der Waals surface area contributed by atoms with Crippen molar-refractivity contribution in [2.24, 2.45) is 0 Å². The van der Waals surface area contributed by atoms with Crippen molar-refractivity contribution in [1.29, 1.82) is 0 Å². The van der Waals surface area contributed by atoms with E-state index in [-0.39, 0.29) is 12.4 Å². The van der Waals surface area contributed by atoms with Crippen LogP contribution in [0.2, 0.25) is 0 Å². The van der Waals surface area contributed by atoms with Crippen molar-refractivity contribution < 1.29 is 32.1 Å². The smallest absolute Gasteiger partial charge is 0.423 e. The van der Waals surface area contributed by atoms with Crippen LogP contribution in [-0.4, -0.2) is 36.8 Å². The molecule has 0 bridgehead atoms. The molecule has 0 radical (unpaired) electrons. The third kappa shape index (κ3) is 6.55. The van der Waals surface area contributed by atoms with E-state index in [0.717, 1.165) is 11.1 Å². The number of hydrogen-bond acceptors (Lipinski definition) is 3. The highest BCUT2D eigenvalue weighted by atomic mass is 19.4. The Morgan fingerprint density at radius 2 is 1.27 bits per heavy atom. The standard InChI is InChI=1S/C19H20F4O3/c1-13(24)11-25-16-6-2-14(3-7-16)10-15-4-8-17(9-5-15)26-12-18(20)19(21,22)23/h2-9,13,18,24H,10-12H2,1H3. The number of ether oxygens (including phenoxy) is 2. The molecule has 0 aromatic heterocycles. The number of alkyl halides is 4. The lowest BCUT2D eigenvalue weighted by Crippen LogP contribution is -2.30. The molecule has 0 saturated heterocycles. The summed E-state index contributed by atoms with van der Waals surface area (Å²) < 4.78 is 59.3. The minimum Gasteiger partial charge on any atom is -0.491 e. The van der Waals surface area contributed by atoms with E-state index in [1.165, 1.54) is 12.1 Å². The molecule has 0 spiro atoms. The van der Waals surface area contributed by atoms with Gasteiger partial charge in [0.1, 0.15) is 24.7 Å². The van der Waals surface area contributed by atoms with Crippen LogP contribution < -0.4 is 9.47 Å². The average Bonchev–Trinajstić information content (AvgIpc) is 2.59. The first-order valence-corrected chi connectivity index (χ1v) is 8.06. The van der Waals surface area contributed by atoms with Crippen LogP contribution in [0.5, 0.6) is 11.5 Å². The SMILES string of the molecule is CC(O)COc1ccc(Cc2ccc(OCC(F)C(F)(F)F)cc2)cc1. The summed E-state index contributed by atoms with van der Waals surface area (Å²) >= 11 is 0. The minimum absolute atomic E-state index is 0.183. The quantitative estimate of drug-likeness (QED) is 0.702. The van der Waals surface area contributed by atoms with Crippen LogP contribution in [0.25, 0.3) is 0 Å². The number of benzene rings is 2. The fourth-order valence-corrected chi connectivity index (χ4v) is 2.12. The molecule has 26 heavy (non-hydrogen) atoms. The molecule has 7 heteroatoms. The third-order valence-corrected chi connectivity index (χ3v) is 3.50. The first-order chi connectivity index (χ1) is 12.2. The highest BCUT2D eigenvalue weighted by Gasteiger charge is 2.40. The lowest BCUT2D eigenvalue weighted by molar-refractivity contribution is -0.187. The van der Waals surface area contributed by atoms with Crippen LogP contribution in [0.1, 0.15) is 18.1 Å². The molecule has 2 rings (SSSR count). The van der Waals surface area contributed by atoms with Gasteiger partial charge in [0.05, 0.1) is 6.10 Å². The lowest BCUT2D eigenvalue weighted by Gasteiger charge is -2.13. The molecular weight excluding hydrogens is 352 g/mol. The topological polar surface area (TPSA) is 38.7 Å². The summed E-state index contributed by atoms with van der Waals surface area (Å²) in [5.41, 5.74) is 1.95. The van der Waals surface area contributed by atoms with Gasteiger partial charge in [-0.2, -0.15) is 13.2 Å². The Bertz CT molecular complexity index is 667. The van der Waals surface area contributed by atoms with E-state index < -0.39 is 25.1 Å². The second-order valence-electron chi connectivity index (χ2n) is 5.94. The van der Waals surface area contributed by atoms with Gasteiger partial charge in [-0.3, -0.25) is 0 Å². The number of halogens is 4. The molecule has 1 N–H and O–H groups in total. The highest BCUT2D eigenvalue weighted by Crippen LogP contribution is 2.24. The maximum Gasteiger partial charge on any atom is 0.423 e. The van der Waals surface area contributed by atoms with Gasteiger partial charge in [0.15, 0.2) is 0 Å². The van der Waals surface area contributed by atoms with Crippen molar-refractivity contribution in [3.63, 3.8) is 0 Å². The molecule has 0 amide bonds. The summed E-state index contributed by atoms with van der Waals surface area (Å²) in [5, 5.41) is 9.18. The fourth-order valence-electron chi connectivity index (χ4n) is 2.12. The lowest BCUT2D eigenvalue weighted by atomic mass is 10.0. The second-order valence-corrected chi connectivity index (χ2v) is 5.94. The number of rotatable bonds is 8. The summed E-state index contributed by atoms with van der Waals surface area (Å²) in [5.74, 6) is 0.839. The van der Waals surface area contributed by atoms with Crippen LogP contribution in [-0.2, 0) is 6.42 Å². The highest BCUT2D eigenvalue weighted by molar-refractivity contribution is 5.34. The zero-order valence-electron chi connectivity index (χ0n) is 14.2. The van der Waals surface area contributed by atoms with Crippen molar-refractivity contribution in [3.8, 4) is 11.5 Å². The van der Waals surface area contributed by atoms with Gasteiger partial charge in [-0.05, 0) is 48.7 Å². The normalized spacial score (nSPS) is 13.9. The Morgan fingerprint density at radius 1 is 0.846 bits per heavy atom. The molecule has 2 unspecified atom stereocenters. The van der Waals surface area contributed by atoms with E-state index in [4.69, 9.17) is 9.47 Å². The zero-order chi connectivity index (χ0) is 19.2.